The van der Waals surface area contributed by atoms with Crippen molar-refractivity contribution in [3.63, 3.8) is 0 Å². The Balaban J connectivity index is 1.78. The summed E-state index contributed by atoms with van der Waals surface area (Å²) in [6.07, 6.45) is 1.53. The van der Waals surface area contributed by atoms with Gasteiger partial charge < -0.3 is 14.5 Å². The van der Waals surface area contributed by atoms with Crippen molar-refractivity contribution < 1.29 is 14.3 Å². The number of hydrogen-bond acceptors (Lipinski definition) is 4. The number of methoxy groups -OCH3 is 1. The van der Waals surface area contributed by atoms with E-state index in [-0.39, 0.29) is 24.4 Å². The number of ether oxygens (including phenoxy) is 1. The van der Waals surface area contributed by atoms with Crippen molar-refractivity contribution in [1.29, 1.82) is 0 Å². The predicted octanol–water partition coefficient (Wildman–Crippen LogP) is 2.28. The van der Waals surface area contributed by atoms with Crippen LogP contribution in [0.3, 0.4) is 0 Å². The summed E-state index contributed by atoms with van der Waals surface area (Å²) in [6.45, 7) is 4.48. The lowest BCUT2D eigenvalue weighted by atomic mass is 10.1. The van der Waals surface area contributed by atoms with E-state index in [0.717, 1.165) is 11.3 Å². The molecular formula is C19H21N3O3. The van der Waals surface area contributed by atoms with Gasteiger partial charge in [-0.15, -0.1) is 0 Å². The smallest absolute Gasteiger partial charge is 0.254 e. The van der Waals surface area contributed by atoms with E-state index in [0.29, 0.717) is 18.0 Å². The molecule has 0 radical (unpaired) electrons. The van der Waals surface area contributed by atoms with Crippen molar-refractivity contribution in [2.75, 3.05) is 25.1 Å². The van der Waals surface area contributed by atoms with E-state index in [4.69, 9.17) is 4.74 Å². The van der Waals surface area contributed by atoms with Gasteiger partial charge in [-0.05, 0) is 32.0 Å². The predicted molar refractivity (Wildman–Crippen MR) is 94.8 cm³/mol. The van der Waals surface area contributed by atoms with E-state index >= 15 is 0 Å². The van der Waals surface area contributed by atoms with E-state index in [2.05, 4.69) is 4.98 Å². The van der Waals surface area contributed by atoms with Gasteiger partial charge in [-0.1, -0.05) is 17.7 Å². The Morgan fingerprint density at radius 1 is 1.24 bits per heavy atom. The average molecular weight is 339 g/mol. The number of benzene rings is 1. The van der Waals surface area contributed by atoms with Crippen LogP contribution in [0.4, 0.5) is 5.69 Å². The van der Waals surface area contributed by atoms with Crippen molar-refractivity contribution in [2.24, 2.45) is 0 Å². The summed E-state index contributed by atoms with van der Waals surface area (Å²) in [4.78, 5) is 32.7. The van der Waals surface area contributed by atoms with E-state index in [1.54, 1.807) is 21.9 Å². The van der Waals surface area contributed by atoms with Crippen LogP contribution in [0, 0.1) is 6.92 Å². The first-order chi connectivity index (χ1) is 12.0. The lowest BCUT2D eigenvalue weighted by Crippen LogP contribution is -2.57. The summed E-state index contributed by atoms with van der Waals surface area (Å²) < 4.78 is 5.07. The van der Waals surface area contributed by atoms with Crippen LogP contribution in [0.5, 0.6) is 5.88 Å². The molecule has 0 aliphatic carbocycles. The molecule has 0 saturated carbocycles. The molecule has 6 nitrogen and oxygen atoms in total. The number of aromatic nitrogens is 1. The molecule has 130 valence electrons. The van der Waals surface area contributed by atoms with E-state index < -0.39 is 0 Å². The molecule has 25 heavy (non-hydrogen) atoms. The summed E-state index contributed by atoms with van der Waals surface area (Å²) in [6, 6.07) is 11.0. The third kappa shape index (κ3) is 3.47. The molecule has 1 atom stereocenters. The first-order valence-corrected chi connectivity index (χ1v) is 8.17. The molecular weight excluding hydrogens is 318 g/mol. The summed E-state index contributed by atoms with van der Waals surface area (Å²) in [5, 5.41) is 0. The van der Waals surface area contributed by atoms with Crippen LogP contribution in [0.1, 0.15) is 22.8 Å². The number of amides is 2. The molecule has 1 aromatic carbocycles. The van der Waals surface area contributed by atoms with Crippen molar-refractivity contribution >= 4 is 17.5 Å². The molecule has 0 N–H and O–H groups in total. The number of rotatable bonds is 3. The normalized spacial score (nSPS) is 17.6. The topological polar surface area (TPSA) is 62.7 Å². The molecule has 1 fully saturated rings. The molecule has 1 aliphatic heterocycles. The number of nitrogens with zero attached hydrogens (tertiary/aromatic N) is 3. The number of carbonyl (C=O) groups is 2. The van der Waals surface area contributed by atoms with Gasteiger partial charge in [-0.25, -0.2) is 4.98 Å². The Labute approximate surface area is 147 Å². The molecule has 6 heteroatoms. The molecule has 2 aromatic rings. The summed E-state index contributed by atoms with van der Waals surface area (Å²) in [7, 11) is 1.50. The second kappa shape index (κ2) is 6.93. The van der Waals surface area contributed by atoms with Crippen LogP contribution < -0.4 is 9.64 Å². The lowest BCUT2D eigenvalue weighted by molar-refractivity contribution is -0.121. The first-order valence-electron chi connectivity index (χ1n) is 8.17. The number of anilines is 1. The Bertz CT molecular complexity index is 789. The maximum atomic E-state index is 12.8. The van der Waals surface area contributed by atoms with Gasteiger partial charge in [0, 0.05) is 36.1 Å². The van der Waals surface area contributed by atoms with Crippen molar-refractivity contribution in [1.82, 2.24) is 9.88 Å². The molecule has 2 amide bonds. The highest BCUT2D eigenvalue weighted by atomic mass is 16.5. The fraction of sp³-hybridized carbons (Fsp3) is 0.316. The summed E-state index contributed by atoms with van der Waals surface area (Å²) in [5.41, 5.74) is 2.47. The van der Waals surface area contributed by atoms with E-state index in [9.17, 15) is 9.59 Å². The van der Waals surface area contributed by atoms with Crippen molar-refractivity contribution in [3.8, 4) is 5.88 Å². The second-order valence-corrected chi connectivity index (χ2v) is 6.21. The largest absolute Gasteiger partial charge is 0.481 e. The van der Waals surface area contributed by atoms with Crippen molar-refractivity contribution in [2.45, 2.75) is 19.9 Å². The average Bonchev–Trinajstić information content (AvgIpc) is 2.63. The minimum atomic E-state index is -0.190. The summed E-state index contributed by atoms with van der Waals surface area (Å²) >= 11 is 0. The van der Waals surface area contributed by atoms with Crippen molar-refractivity contribution in [3.05, 3.63) is 53.7 Å². The molecule has 1 aromatic heterocycles. The first kappa shape index (κ1) is 17.0. The summed E-state index contributed by atoms with van der Waals surface area (Å²) in [5.74, 6) is 0.101. The fourth-order valence-electron chi connectivity index (χ4n) is 2.92. The second-order valence-electron chi connectivity index (χ2n) is 6.21. The molecule has 2 heterocycles. The monoisotopic (exact) mass is 339 g/mol. The fourth-order valence-corrected chi connectivity index (χ4v) is 2.92. The molecule has 0 spiro atoms. The van der Waals surface area contributed by atoms with Gasteiger partial charge in [-0.3, -0.25) is 9.59 Å². The van der Waals surface area contributed by atoms with Crippen LogP contribution in [0.2, 0.25) is 0 Å². The van der Waals surface area contributed by atoms with E-state index in [1.807, 2.05) is 38.1 Å². The number of hydrogen-bond donors (Lipinski definition) is 0. The minimum Gasteiger partial charge on any atom is -0.481 e. The lowest BCUT2D eigenvalue weighted by Gasteiger charge is -2.39. The Hall–Kier alpha value is -2.89. The molecule has 1 aliphatic rings. The van der Waals surface area contributed by atoms with Gasteiger partial charge in [0.25, 0.3) is 5.91 Å². The Morgan fingerprint density at radius 2 is 1.96 bits per heavy atom. The number of pyridine rings is 1. The highest BCUT2D eigenvalue weighted by molar-refractivity contribution is 6.02. The number of aryl methyl sites for hydroxylation is 1. The number of carbonyl (C=O) groups excluding carboxylic acids is 2. The number of piperazine rings is 1. The van der Waals surface area contributed by atoms with E-state index in [1.165, 1.54) is 13.3 Å². The van der Waals surface area contributed by atoms with Gasteiger partial charge in [0.2, 0.25) is 11.8 Å². The van der Waals surface area contributed by atoms with Crippen LogP contribution >= 0.6 is 0 Å². The minimum absolute atomic E-state index is 0.0541. The van der Waals surface area contributed by atoms with Crippen LogP contribution in [-0.2, 0) is 4.79 Å². The Kier molecular flexibility index (Phi) is 4.70. The molecule has 1 unspecified atom stereocenters. The third-order valence-corrected chi connectivity index (χ3v) is 4.38. The van der Waals surface area contributed by atoms with Gasteiger partial charge >= 0.3 is 0 Å². The molecule has 0 bridgehead atoms. The molecule has 1 saturated heterocycles. The maximum absolute atomic E-state index is 12.8. The SMILES string of the molecule is COc1cc(C(=O)N2CC(=O)N(c3ccc(C)cc3)CC2C)ccn1. The Morgan fingerprint density at radius 3 is 2.64 bits per heavy atom. The molecule has 3 rings (SSSR count). The maximum Gasteiger partial charge on any atom is 0.254 e. The van der Waals surface area contributed by atoms with Gasteiger partial charge in [0.1, 0.15) is 6.54 Å². The third-order valence-electron chi connectivity index (χ3n) is 4.38. The standard InChI is InChI=1S/C19H21N3O3/c1-13-4-6-16(7-5-13)22-11-14(2)21(12-18(22)23)19(24)15-8-9-20-17(10-15)25-3/h4-10,14H,11-12H2,1-3H3. The van der Waals surface area contributed by atoms with Crippen LogP contribution in [0.15, 0.2) is 42.6 Å². The van der Waals surface area contributed by atoms with Crippen LogP contribution in [-0.4, -0.2) is 47.9 Å². The zero-order valence-corrected chi connectivity index (χ0v) is 14.6. The van der Waals surface area contributed by atoms with Crippen LogP contribution in [0.25, 0.3) is 0 Å². The quantitative estimate of drug-likeness (QED) is 0.861. The van der Waals surface area contributed by atoms with Gasteiger partial charge in [0.15, 0.2) is 0 Å². The zero-order chi connectivity index (χ0) is 18.0. The zero-order valence-electron chi connectivity index (χ0n) is 14.6. The highest BCUT2D eigenvalue weighted by Gasteiger charge is 2.33. The van der Waals surface area contributed by atoms with Gasteiger partial charge in [0.05, 0.1) is 7.11 Å². The highest BCUT2D eigenvalue weighted by Crippen LogP contribution is 2.22. The van der Waals surface area contributed by atoms with Gasteiger partial charge in [-0.2, -0.15) is 0 Å².